The average molecular weight is 422 g/mol. The SMILES string of the molecule is O=[N+]([O-])c1c(N2CCN(Cc3ccc(Br)s3)CC2)nc2ccccn12. The van der Waals surface area contributed by atoms with Crippen LogP contribution in [0.2, 0.25) is 0 Å². The maximum absolute atomic E-state index is 11.6. The van der Waals surface area contributed by atoms with Crippen molar-refractivity contribution in [2.75, 3.05) is 31.1 Å². The molecular formula is C16H16BrN5O2S. The molecule has 7 nitrogen and oxygen atoms in total. The molecule has 130 valence electrons. The topological polar surface area (TPSA) is 66.9 Å². The van der Waals surface area contributed by atoms with E-state index in [1.165, 1.54) is 4.88 Å². The zero-order valence-electron chi connectivity index (χ0n) is 13.3. The van der Waals surface area contributed by atoms with Crippen molar-refractivity contribution in [1.82, 2.24) is 14.3 Å². The molecule has 0 aromatic carbocycles. The Morgan fingerprint density at radius 2 is 2.00 bits per heavy atom. The van der Waals surface area contributed by atoms with Crippen molar-refractivity contribution in [2.45, 2.75) is 6.54 Å². The summed E-state index contributed by atoms with van der Waals surface area (Å²) in [4.78, 5) is 21.4. The van der Waals surface area contributed by atoms with E-state index in [1.807, 2.05) is 11.0 Å². The smallest absolute Gasteiger partial charge is 0.358 e. The van der Waals surface area contributed by atoms with Crippen molar-refractivity contribution in [3.05, 3.63) is 55.3 Å². The maximum atomic E-state index is 11.6. The summed E-state index contributed by atoms with van der Waals surface area (Å²) in [5.41, 5.74) is 0.607. The molecule has 9 heteroatoms. The Morgan fingerprint density at radius 3 is 2.68 bits per heavy atom. The van der Waals surface area contributed by atoms with Gasteiger partial charge in [0.25, 0.3) is 0 Å². The Bertz CT molecular complexity index is 916. The molecule has 0 saturated carbocycles. The first kappa shape index (κ1) is 16.5. The monoisotopic (exact) mass is 421 g/mol. The lowest BCUT2D eigenvalue weighted by molar-refractivity contribution is -0.389. The summed E-state index contributed by atoms with van der Waals surface area (Å²) in [6, 6.07) is 9.61. The number of hydrogen-bond donors (Lipinski definition) is 0. The Labute approximate surface area is 156 Å². The minimum Gasteiger partial charge on any atom is -0.358 e. The molecular weight excluding hydrogens is 406 g/mol. The summed E-state index contributed by atoms with van der Waals surface area (Å²) in [5, 5.41) is 11.6. The van der Waals surface area contributed by atoms with Gasteiger partial charge in [-0.2, -0.15) is 9.38 Å². The lowest BCUT2D eigenvalue weighted by atomic mass is 10.3. The molecule has 0 unspecified atom stereocenters. The first-order valence-corrected chi connectivity index (χ1v) is 9.56. The van der Waals surface area contributed by atoms with Crippen LogP contribution in [0.5, 0.6) is 0 Å². The third-order valence-corrected chi connectivity index (χ3v) is 5.95. The van der Waals surface area contributed by atoms with Crippen LogP contribution in [0.4, 0.5) is 11.6 Å². The lowest BCUT2D eigenvalue weighted by Gasteiger charge is -2.34. The van der Waals surface area contributed by atoms with E-state index in [-0.39, 0.29) is 10.7 Å². The number of pyridine rings is 1. The van der Waals surface area contributed by atoms with Crippen LogP contribution in [0.25, 0.3) is 5.65 Å². The first-order valence-electron chi connectivity index (χ1n) is 7.95. The second-order valence-corrected chi connectivity index (χ2v) is 8.46. The van der Waals surface area contributed by atoms with Gasteiger partial charge in [0, 0.05) is 43.7 Å². The molecule has 1 fully saturated rings. The predicted molar refractivity (Wildman–Crippen MR) is 101 cm³/mol. The van der Waals surface area contributed by atoms with Crippen molar-refractivity contribution in [3.8, 4) is 0 Å². The van der Waals surface area contributed by atoms with Crippen LogP contribution in [-0.4, -0.2) is 45.4 Å². The number of anilines is 1. The first-order chi connectivity index (χ1) is 12.1. The highest BCUT2D eigenvalue weighted by Crippen LogP contribution is 2.30. The van der Waals surface area contributed by atoms with Crippen LogP contribution in [-0.2, 0) is 6.54 Å². The van der Waals surface area contributed by atoms with Gasteiger partial charge in [-0.15, -0.1) is 11.3 Å². The van der Waals surface area contributed by atoms with Gasteiger partial charge in [-0.25, -0.2) is 0 Å². The van der Waals surface area contributed by atoms with Gasteiger partial charge >= 0.3 is 5.82 Å². The average Bonchev–Trinajstić information content (AvgIpc) is 3.19. The van der Waals surface area contributed by atoms with Gasteiger partial charge in [-0.3, -0.25) is 4.90 Å². The van der Waals surface area contributed by atoms with E-state index in [0.29, 0.717) is 11.5 Å². The van der Waals surface area contributed by atoms with Crippen molar-refractivity contribution in [3.63, 3.8) is 0 Å². The lowest BCUT2D eigenvalue weighted by Crippen LogP contribution is -2.46. The minimum absolute atomic E-state index is 0.0474. The largest absolute Gasteiger partial charge is 0.372 e. The highest BCUT2D eigenvalue weighted by molar-refractivity contribution is 9.11. The number of imidazole rings is 1. The number of halogens is 1. The van der Waals surface area contributed by atoms with Crippen LogP contribution in [0.1, 0.15) is 4.88 Å². The zero-order chi connectivity index (χ0) is 17.4. The van der Waals surface area contributed by atoms with Gasteiger partial charge in [0.05, 0.1) is 9.98 Å². The molecule has 0 amide bonds. The summed E-state index contributed by atoms with van der Waals surface area (Å²) in [7, 11) is 0. The highest BCUT2D eigenvalue weighted by Gasteiger charge is 2.29. The summed E-state index contributed by atoms with van der Waals surface area (Å²) in [5.74, 6) is 0.515. The second kappa shape index (κ2) is 6.74. The second-order valence-electron chi connectivity index (χ2n) is 5.91. The van der Waals surface area contributed by atoms with Crippen molar-refractivity contribution in [1.29, 1.82) is 0 Å². The summed E-state index contributed by atoms with van der Waals surface area (Å²) < 4.78 is 2.69. The van der Waals surface area contributed by atoms with E-state index in [1.54, 1.807) is 34.1 Å². The van der Waals surface area contributed by atoms with Crippen LogP contribution < -0.4 is 4.90 Å². The summed E-state index contributed by atoms with van der Waals surface area (Å²) in [6.07, 6.45) is 1.69. The quantitative estimate of drug-likeness (QED) is 0.477. The molecule has 1 aliphatic rings. The standard InChI is InChI=1S/C16H16BrN5O2S/c17-13-5-4-12(25-13)11-19-7-9-20(10-8-19)15-16(22(23)24)21-6-2-1-3-14(21)18-15/h1-6H,7-11H2. The minimum atomic E-state index is -0.342. The molecule has 0 bridgehead atoms. The van der Waals surface area contributed by atoms with E-state index in [0.717, 1.165) is 36.5 Å². The molecule has 0 aliphatic carbocycles. The van der Waals surface area contributed by atoms with Crippen molar-refractivity contribution < 1.29 is 4.92 Å². The Hall–Kier alpha value is -1.97. The van der Waals surface area contributed by atoms with Gasteiger partial charge in [0.1, 0.15) is 0 Å². The number of nitrogens with zero attached hydrogens (tertiary/aromatic N) is 5. The third kappa shape index (κ3) is 3.26. The molecule has 3 aromatic heterocycles. The normalized spacial score (nSPS) is 15.8. The number of hydrogen-bond acceptors (Lipinski definition) is 6. The van der Waals surface area contributed by atoms with Gasteiger partial charge < -0.3 is 15.0 Å². The van der Waals surface area contributed by atoms with Gasteiger partial charge in [0.15, 0.2) is 0 Å². The fourth-order valence-corrected chi connectivity index (χ4v) is 4.65. The number of thiophene rings is 1. The fourth-order valence-electron chi connectivity index (χ4n) is 3.13. The van der Waals surface area contributed by atoms with Crippen LogP contribution in [0.3, 0.4) is 0 Å². The van der Waals surface area contributed by atoms with Crippen LogP contribution in [0.15, 0.2) is 40.3 Å². The summed E-state index contributed by atoms with van der Waals surface area (Å²) in [6.45, 7) is 4.10. The molecule has 4 rings (SSSR count). The van der Waals surface area contributed by atoms with E-state index >= 15 is 0 Å². The zero-order valence-corrected chi connectivity index (χ0v) is 15.7. The van der Waals surface area contributed by atoms with E-state index in [9.17, 15) is 10.1 Å². The molecule has 0 radical (unpaired) electrons. The maximum Gasteiger partial charge on any atom is 0.372 e. The van der Waals surface area contributed by atoms with Gasteiger partial charge in [-0.05, 0) is 39.1 Å². The van der Waals surface area contributed by atoms with E-state index < -0.39 is 0 Å². The molecule has 3 aromatic rings. The number of fused-ring (bicyclic) bond motifs is 1. The molecule has 0 atom stereocenters. The number of piperazine rings is 1. The summed E-state index contributed by atoms with van der Waals surface area (Å²) >= 11 is 5.24. The predicted octanol–water partition coefficient (Wildman–Crippen LogP) is 3.39. The van der Waals surface area contributed by atoms with Gasteiger partial charge in [-0.1, -0.05) is 6.07 Å². The third-order valence-electron chi connectivity index (χ3n) is 4.34. The number of nitro groups is 1. The molecule has 1 saturated heterocycles. The van der Waals surface area contributed by atoms with E-state index in [4.69, 9.17) is 0 Å². The van der Waals surface area contributed by atoms with Crippen LogP contribution >= 0.6 is 27.3 Å². The fraction of sp³-hybridized carbons (Fsp3) is 0.312. The highest BCUT2D eigenvalue weighted by atomic mass is 79.9. The Morgan fingerprint density at radius 1 is 1.20 bits per heavy atom. The molecule has 1 aliphatic heterocycles. The van der Waals surface area contributed by atoms with Gasteiger partial charge in [0.2, 0.25) is 11.5 Å². The molecule has 0 spiro atoms. The van der Waals surface area contributed by atoms with Crippen molar-refractivity contribution in [2.24, 2.45) is 0 Å². The molecule has 4 heterocycles. The molecule has 0 N–H and O–H groups in total. The number of rotatable bonds is 4. The van der Waals surface area contributed by atoms with Crippen LogP contribution in [0, 0.1) is 10.1 Å². The van der Waals surface area contributed by atoms with Crippen molar-refractivity contribution >= 4 is 44.5 Å². The number of aromatic nitrogens is 2. The Kier molecular flexibility index (Phi) is 4.45. The Balaban J connectivity index is 1.51. The molecule has 25 heavy (non-hydrogen) atoms. The van der Waals surface area contributed by atoms with E-state index in [2.05, 4.69) is 37.9 Å².